The van der Waals surface area contributed by atoms with Crippen LogP contribution in [0.25, 0.3) is 27.4 Å². The van der Waals surface area contributed by atoms with Crippen LogP contribution >= 0.6 is 0 Å². The topological polar surface area (TPSA) is 79.6 Å². The highest BCUT2D eigenvalue weighted by Crippen LogP contribution is 2.26. The van der Waals surface area contributed by atoms with Crippen molar-refractivity contribution in [3.8, 4) is 17.3 Å². The van der Waals surface area contributed by atoms with Crippen LogP contribution < -0.4 is 10.3 Å². The molecule has 5 rings (SSSR count). The van der Waals surface area contributed by atoms with E-state index in [9.17, 15) is 9.90 Å². The zero-order valence-corrected chi connectivity index (χ0v) is 18.2. The van der Waals surface area contributed by atoms with Crippen LogP contribution in [0, 0.1) is 0 Å². The average Bonchev–Trinajstić information content (AvgIpc) is 3.26. The predicted octanol–water partition coefficient (Wildman–Crippen LogP) is 4.85. The molecule has 0 fully saturated rings. The van der Waals surface area contributed by atoms with Crippen LogP contribution in [0.3, 0.4) is 0 Å². The Hall–Kier alpha value is -4.32. The lowest BCUT2D eigenvalue weighted by Crippen LogP contribution is -2.20. The average molecular weight is 437 g/mol. The van der Waals surface area contributed by atoms with Crippen LogP contribution in [0.5, 0.6) is 11.6 Å². The molecule has 164 valence electrons. The molecular weight excluding hydrogens is 414 g/mol. The van der Waals surface area contributed by atoms with Crippen molar-refractivity contribution in [2.75, 3.05) is 13.7 Å². The van der Waals surface area contributed by atoms with Gasteiger partial charge in [0, 0.05) is 40.6 Å². The summed E-state index contributed by atoms with van der Waals surface area (Å²) in [4.78, 5) is 21.0. The van der Waals surface area contributed by atoms with Crippen molar-refractivity contribution in [1.29, 1.82) is 0 Å². The minimum atomic E-state index is -0.265. The van der Waals surface area contributed by atoms with Gasteiger partial charge in [0.25, 0.3) is 5.56 Å². The summed E-state index contributed by atoms with van der Waals surface area (Å²) in [6.07, 6.45) is 4.37. The molecule has 0 amide bonds. The predicted molar refractivity (Wildman–Crippen MR) is 132 cm³/mol. The van der Waals surface area contributed by atoms with Gasteiger partial charge in [-0.1, -0.05) is 36.4 Å². The van der Waals surface area contributed by atoms with Crippen molar-refractivity contribution >= 4 is 27.9 Å². The third-order valence-electron chi connectivity index (χ3n) is 5.82. The van der Waals surface area contributed by atoms with Crippen molar-refractivity contribution in [3.63, 3.8) is 0 Å². The number of ether oxygens (including phenoxy) is 1. The SMILES string of the molecule is COc1ccc2[nH]cc(CCN=Cc3c(O)n(-c4ccccc4)c(=O)c4ccccc34)c2c1. The monoisotopic (exact) mass is 437 g/mol. The maximum Gasteiger partial charge on any atom is 0.265 e. The molecule has 2 aromatic heterocycles. The van der Waals surface area contributed by atoms with E-state index in [2.05, 4.69) is 9.98 Å². The van der Waals surface area contributed by atoms with Gasteiger partial charge in [-0.3, -0.25) is 9.79 Å². The molecule has 2 N–H and O–H groups in total. The number of nitrogens with zero attached hydrogens (tertiary/aromatic N) is 2. The standard InChI is InChI=1S/C27H23N3O3/c1-33-20-11-12-25-23(15-20)18(16-29-25)13-14-28-17-24-21-9-5-6-10-22(21)26(31)30(27(24)32)19-7-3-2-4-8-19/h2-12,15-17,29,32H,13-14H2,1H3. The van der Waals surface area contributed by atoms with Crippen LogP contribution in [0.2, 0.25) is 0 Å². The molecule has 6 heteroatoms. The summed E-state index contributed by atoms with van der Waals surface area (Å²) in [6, 6.07) is 22.3. The smallest absolute Gasteiger partial charge is 0.265 e. The molecule has 2 heterocycles. The van der Waals surface area contributed by atoms with Gasteiger partial charge in [-0.2, -0.15) is 0 Å². The normalized spacial score (nSPS) is 11.5. The molecule has 5 aromatic rings. The summed E-state index contributed by atoms with van der Waals surface area (Å²) in [5.41, 5.74) is 3.06. The second-order valence-corrected chi connectivity index (χ2v) is 7.77. The van der Waals surface area contributed by atoms with E-state index in [1.807, 2.05) is 60.8 Å². The lowest BCUT2D eigenvalue weighted by molar-refractivity contribution is 0.415. The second kappa shape index (κ2) is 8.67. The van der Waals surface area contributed by atoms with Crippen molar-refractivity contribution in [3.05, 3.63) is 100 Å². The highest BCUT2D eigenvalue weighted by molar-refractivity contribution is 6.01. The number of hydrogen-bond acceptors (Lipinski definition) is 4. The molecule has 0 bridgehead atoms. The fourth-order valence-electron chi connectivity index (χ4n) is 4.14. The number of hydrogen-bond donors (Lipinski definition) is 2. The van der Waals surface area contributed by atoms with Gasteiger partial charge in [0.2, 0.25) is 5.88 Å². The van der Waals surface area contributed by atoms with Gasteiger partial charge < -0.3 is 14.8 Å². The van der Waals surface area contributed by atoms with E-state index in [1.165, 1.54) is 4.57 Å². The molecule has 3 aromatic carbocycles. The van der Waals surface area contributed by atoms with Gasteiger partial charge in [-0.05, 0) is 48.4 Å². The molecular formula is C27H23N3O3. The molecule has 0 saturated carbocycles. The molecule has 33 heavy (non-hydrogen) atoms. The number of aromatic nitrogens is 2. The number of H-pyrrole nitrogens is 1. The van der Waals surface area contributed by atoms with Crippen LogP contribution in [-0.2, 0) is 6.42 Å². The lowest BCUT2D eigenvalue weighted by Gasteiger charge is -2.13. The summed E-state index contributed by atoms with van der Waals surface area (Å²) in [5, 5.41) is 13.4. The van der Waals surface area contributed by atoms with E-state index < -0.39 is 0 Å². The minimum absolute atomic E-state index is 0.120. The summed E-state index contributed by atoms with van der Waals surface area (Å²) >= 11 is 0. The zero-order valence-electron chi connectivity index (χ0n) is 18.2. The van der Waals surface area contributed by atoms with E-state index >= 15 is 0 Å². The largest absolute Gasteiger partial charge is 0.497 e. The molecule has 6 nitrogen and oxygen atoms in total. The Balaban J connectivity index is 1.50. The van der Waals surface area contributed by atoms with Gasteiger partial charge in [0.1, 0.15) is 5.75 Å². The first-order valence-electron chi connectivity index (χ1n) is 10.7. The number of benzene rings is 3. The first kappa shape index (κ1) is 20.6. The van der Waals surface area contributed by atoms with E-state index in [1.54, 1.807) is 31.5 Å². The van der Waals surface area contributed by atoms with Crippen molar-refractivity contribution < 1.29 is 9.84 Å². The summed E-state index contributed by atoms with van der Waals surface area (Å²) < 4.78 is 6.67. The number of aliphatic imine (C=N–C) groups is 1. The minimum Gasteiger partial charge on any atom is -0.497 e. The number of aromatic hydroxyl groups is 1. The van der Waals surface area contributed by atoms with Crippen LogP contribution in [0.15, 0.2) is 88.8 Å². The number of pyridine rings is 1. The number of rotatable bonds is 6. The van der Waals surface area contributed by atoms with Crippen LogP contribution in [-0.4, -0.2) is 34.5 Å². The molecule has 0 radical (unpaired) electrons. The Labute approximate surface area is 190 Å². The number of nitrogens with one attached hydrogen (secondary N) is 1. The summed E-state index contributed by atoms with van der Waals surface area (Å²) in [7, 11) is 1.66. The first-order chi connectivity index (χ1) is 16.2. The quantitative estimate of drug-likeness (QED) is 0.373. The van der Waals surface area contributed by atoms with Crippen molar-refractivity contribution in [2.45, 2.75) is 6.42 Å². The molecule has 0 aliphatic carbocycles. The summed E-state index contributed by atoms with van der Waals surface area (Å²) in [5.74, 6) is 0.692. The molecule has 0 spiro atoms. The van der Waals surface area contributed by atoms with E-state index in [0.29, 0.717) is 28.6 Å². The zero-order chi connectivity index (χ0) is 22.8. The number of para-hydroxylation sites is 1. The van der Waals surface area contributed by atoms with E-state index in [4.69, 9.17) is 4.74 Å². The lowest BCUT2D eigenvalue weighted by atomic mass is 10.1. The number of methoxy groups -OCH3 is 1. The molecule has 0 aliphatic heterocycles. The van der Waals surface area contributed by atoms with Crippen LogP contribution in [0.1, 0.15) is 11.1 Å². The Morgan fingerprint density at radius 1 is 1.00 bits per heavy atom. The number of aromatic amines is 1. The van der Waals surface area contributed by atoms with Gasteiger partial charge in [0.15, 0.2) is 0 Å². The fourth-order valence-corrected chi connectivity index (χ4v) is 4.14. The first-order valence-corrected chi connectivity index (χ1v) is 10.7. The molecule has 0 aliphatic rings. The third-order valence-corrected chi connectivity index (χ3v) is 5.82. The maximum atomic E-state index is 13.1. The fraction of sp³-hybridized carbons (Fsp3) is 0.111. The highest BCUT2D eigenvalue weighted by atomic mass is 16.5. The number of fused-ring (bicyclic) bond motifs is 2. The summed E-state index contributed by atoms with van der Waals surface area (Å²) in [6.45, 7) is 0.530. The molecule has 0 atom stereocenters. The second-order valence-electron chi connectivity index (χ2n) is 7.77. The van der Waals surface area contributed by atoms with E-state index in [0.717, 1.165) is 28.6 Å². The van der Waals surface area contributed by atoms with Gasteiger partial charge in [-0.25, -0.2) is 4.57 Å². The van der Waals surface area contributed by atoms with E-state index in [-0.39, 0.29) is 11.4 Å². The van der Waals surface area contributed by atoms with Gasteiger partial charge in [-0.15, -0.1) is 0 Å². The van der Waals surface area contributed by atoms with Crippen molar-refractivity contribution in [1.82, 2.24) is 9.55 Å². The van der Waals surface area contributed by atoms with Crippen LogP contribution in [0.4, 0.5) is 0 Å². The van der Waals surface area contributed by atoms with Crippen molar-refractivity contribution in [2.24, 2.45) is 4.99 Å². The van der Waals surface area contributed by atoms with Gasteiger partial charge >= 0.3 is 0 Å². The van der Waals surface area contributed by atoms with Gasteiger partial charge in [0.05, 0.1) is 18.4 Å². The molecule has 0 saturated heterocycles. The Morgan fingerprint density at radius 3 is 2.55 bits per heavy atom. The Bertz CT molecular complexity index is 1530. The Kier molecular flexibility index (Phi) is 5.40. The highest BCUT2D eigenvalue weighted by Gasteiger charge is 2.16. The Morgan fingerprint density at radius 2 is 1.76 bits per heavy atom. The third kappa shape index (κ3) is 3.76. The molecule has 0 unspecified atom stereocenters. The maximum absolute atomic E-state index is 13.1.